The van der Waals surface area contributed by atoms with Crippen LogP contribution in [0.1, 0.15) is 22.3 Å². The van der Waals surface area contributed by atoms with Crippen LogP contribution >= 0.6 is 0 Å². The summed E-state index contributed by atoms with van der Waals surface area (Å²) < 4.78 is 5.20. The number of aryl methyl sites for hydroxylation is 2. The van der Waals surface area contributed by atoms with E-state index in [9.17, 15) is 14.9 Å². The van der Waals surface area contributed by atoms with Gasteiger partial charge in [-0.05, 0) is 43.2 Å². The average Bonchev–Trinajstić information content (AvgIpc) is 2.90. The molecule has 0 N–H and O–H groups in total. The van der Waals surface area contributed by atoms with E-state index in [4.69, 9.17) is 4.74 Å². The van der Waals surface area contributed by atoms with Crippen LogP contribution in [-0.2, 0) is 9.53 Å². The van der Waals surface area contributed by atoms with Crippen LogP contribution in [0.3, 0.4) is 0 Å². The Morgan fingerprint density at radius 1 is 1.12 bits per heavy atom. The van der Waals surface area contributed by atoms with Gasteiger partial charge < -0.3 is 4.74 Å². The van der Waals surface area contributed by atoms with Gasteiger partial charge in [0.2, 0.25) is 5.90 Å². The predicted molar refractivity (Wildman–Crippen MR) is 89.6 cm³/mol. The highest BCUT2D eigenvalue weighted by molar-refractivity contribution is 6.13. The molecule has 3 rings (SSSR count). The number of esters is 1. The van der Waals surface area contributed by atoms with Crippen LogP contribution in [0, 0.1) is 24.0 Å². The van der Waals surface area contributed by atoms with E-state index in [1.165, 1.54) is 12.1 Å². The van der Waals surface area contributed by atoms with Gasteiger partial charge in [0.15, 0.2) is 5.70 Å². The molecule has 0 saturated heterocycles. The Morgan fingerprint density at radius 3 is 2.54 bits per heavy atom. The maximum Gasteiger partial charge on any atom is 0.363 e. The molecule has 0 aliphatic carbocycles. The monoisotopic (exact) mass is 322 g/mol. The van der Waals surface area contributed by atoms with E-state index in [0.29, 0.717) is 11.1 Å². The molecular weight excluding hydrogens is 308 g/mol. The van der Waals surface area contributed by atoms with Crippen molar-refractivity contribution in [2.75, 3.05) is 0 Å². The number of ether oxygens (including phenoxy) is 1. The minimum Gasteiger partial charge on any atom is -0.402 e. The number of nitrogens with zero attached hydrogens (tertiary/aromatic N) is 2. The molecule has 1 aliphatic heterocycles. The van der Waals surface area contributed by atoms with Gasteiger partial charge in [0.25, 0.3) is 5.69 Å². The number of rotatable bonds is 3. The number of cyclic esters (lactones) is 1. The van der Waals surface area contributed by atoms with Crippen molar-refractivity contribution in [1.82, 2.24) is 0 Å². The zero-order chi connectivity index (χ0) is 17.3. The van der Waals surface area contributed by atoms with Crippen molar-refractivity contribution < 1.29 is 14.5 Å². The second-order valence-electron chi connectivity index (χ2n) is 5.45. The lowest BCUT2D eigenvalue weighted by atomic mass is 10.1. The summed E-state index contributed by atoms with van der Waals surface area (Å²) in [6, 6.07) is 12.1. The fourth-order valence-electron chi connectivity index (χ4n) is 2.42. The number of hydrogen-bond acceptors (Lipinski definition) is 5. The van der Waals surface area contributed by atoms with Crippen LogP contribution in [-0.4, -0.2) is 16.8 Å². The summed E-state index contributed by atoms with van der Waals surface area (Å²) in [5.74, 6) is -0.387. The number of carbonyl (C=O) groups is 1. The summed E-state index contributed by atoms with van der Waals surface area (Å²) in [5, 5.41) is 10.9. The molecule has 120 valence electrons. The van der Waals surface area contributed by atoms with E-state index in [-0.39, 0.29) is 17.3 Å². The van der Waals surface area contributed by atoms with Gasteiger partial charge in [-0.3, -0.25) is 10.1 Å². The Morgan fingerprint density at radius 2 is 1.88 bits per heavy atom. The standard InChI is InChI=1S/C18H14N2O4/c1-11-5-3-4-6-13(11)10-15-18(21)24-17(19-15)14-7-8-16(20(22)23)12(2)9-14/h3-10H,1-2H3/b15-10-. The zero-order valence-corrected chi connectivity index (χ0v) is 13.1. The third-order valence-electron chi connectivity index (χ3n) is 3.74. The molecule has 0 spiro atoms. The molecule has 0 amide bonds. The lowest BCUT2D eigenvalue weighted by Gasteiger charge is -2.01. The average molecular weight is 322 g/mol. The number of benzene rings is 2. The highest BCUT2D eigenvalue weighted by Gasteiger charge is 2.25. The first-order valence-electron chi connectivity index (χ1n) is 7.29. The summed E-state index contributed by atoms with van der Waals surface area (Å²) in [6.07, 6.45) is 1.67. The smallest absolute Gasteiger partial charge is 0.363 e. The molecule has 1 heterocycles. The van der Waals surface area contributed by atoms with Crippen LogP contribution in [0.25, 0.3) is 6.08 Å². The van der Waals surface area contributed by atoms with Crippen molar-refractivity contribution in [3.63, 3.8) is 0 Å². The van der Waals surface area contributed by atoms with Gasteiger partial charge in [0.1, 0.15) is 0 Å². The van der Waals surface area contributed by atoms with Crippen molar-refractivity contribution in [2.24, 2.45) is 4.99 Å². The van der Waals surface area contributed by atoms with Gasteiger partial charge in [-0.25, -0.2) is 9.79 Å². The molecule has 0 bridgehead atoms. The fourth-order valence-corrected chi connectivity index (χ4v) is 2.42. The van der Waals surface area contributed by atoms with E-state index < -0.39 is 10.9 Å². The molecule has 2 aromatic rings. The van der Waals surface area contributed by atoms with Crippen molar-refractivity contribution >= 4 is 23.6 Å². The van der Waals surface area contributed by atoms with Crippen LogP contribution in [0.2, 0.25) is 0 Å². The van der Waals surface area contributed by atoms with Gasteiger partial charge in [0.05, 0.1) is 4.92 Å². The molecule has 0 unspecified atom stereocenters. The first-order valence-corrected chi connectivity index (χ1v) is 7.29. The summed E-state index contributed by atoms with van der Waals surface area (Å²) in [4.78, 5) is 26.7. The van der Waals surface area contributed by atoms with Crippen molar-refractivity contribution in [3.05, 3.63) is 80.5 Å². The first kappa shape index (κ1) is 15.6. The van der Waals surface area contributed by atoms with Crippen LogP contribution in [0.15, 0.2) is 53.2 Å². The largest absolute Gasteiger partial charge is 0.402 e. The topological polar surface area (TPSA) is 81.8 Å². The van der Waals surface area contributed by atoms with Gasteiger partial charge >= 0.3 is 5.97 Å². The highest BCUT2D eigenvalue weighted by atomic mass is 16.6. The van der Waals surface area contributed by atoms with Crippen LogP contribution < -0.4 is 0 Å². The molecule has 0 saturated carbocycles. The Labute approximate surface area is 138 Å². The summed E-state index contributed by atoms with van der Waals surface area (Å²) >= 11 is 0. The first-order chi connectivity index (χ1) is 11.5. The number of nitro benzene ring substituents is 1. The molecular formula is C18H14N2O4. The van der Waals surface area contributed by atoms with Gasteiger partial charge in [-0.1, -0.05) is 24.3 Å². The Hall–Kier alpha value is -3.28. The Kier molecular flexibility index (Phi) is 3.95. The van der Waals surface area contributed by atoms with Crippen molar-refractivity contribution in [2.45, 2.75) is 13.8 Å². The summed E-state index contributed by atoms with van der Waals surface area (Å²) in [7, 11) is 0. The number of aliphatic imine (C=N–C) groups is 1. The Bertz CT molecular complexity index is 913. The van der Waals surface area contributed by atoms with E-state index in [2.05, 4.69) is 4.99 Å². The van der Waals surface area contributed by atoms with Gasteiger partial charge in [-0.15, -0.1) is 0 Å². The third-order valence-corrected chi connectivity index (χ3v) is 3.74. The minimum absolute atomic E-state index is 0.0133. The van der Waals surface area contributed by atoms with E-state index in [0.717, 1.165) is 11.1 Å². The third kappa shape index (κ3) is 2.94. The molecule has 2 aromatic carbocycles. The molecule has 0 atom stereocenters. The van der Waals surface area contributed by atoms with Crippen molar-refractivity contribution in [3.8, 4) is 0 Å². The quantitative estimate of drug-likeness (QED) is 0.374. The number of hydrogen-bond donors (Lipinski definition) is 0. The second kappa shape index (κ2) is 6.08. The molecule has 6 nitrogen and oxygen atoms in total. The SMILES string of the molecule is Cc1ccccc1/C=C1\N=C(c2ccc([N+](=O)[O-])c(C)c2)OC1=O. The lowest BCUT2D eigenvalue weighted by molar-refractivity contribution is -0.385. The lowest BCUT2D eigenvalue weighted by Crippen LogP contribution is -2.06. The maximum absolute atomic E-state index is 12.0. The molecule has 0 fully saturated rings. The number of carbonyl (C=O) groups excluding carboxylic acids is 1. The summed E-state index contributed by atoms with van der Waals surface area (Å²) in [6.45, 7) is 3.57. The van der Waals surface area contributed by atoms with E-state index in [1.54, 1.807) is 19.1 Å². The minimum atomic E-state index is -0.538. The van der Waals surface area contributed by atoms with Crippen molar-refractivity contribution in [1.29, 1.82) is 0 Å². The predicted octanol–water partition coefficient (Wildman–Crippen LogP) is 3.56. The van der Waals surface area contributed by atoms with Crippen LogP contribution in [0.4, 0.5) is 5.69 Å². The van der Waals surface area contributed by atoms with Crippen LogP contribution in [0.5, 0.6) is 0 Å². The number of nitro groups is 1. The molecule has 6 heteroatoms. The highest BCUT2D eigenvalue weighted by Crippen LogP contribution is 2.24. The maximum atomic E-state index is 12.0. The van der Waals surface area contributed by atoms with E-state index >= 15 is 0 Å². The zero-order valence-electron chi connectivity index (χ0n) is 13.1. The fraction of sp³-hybridized carbons (Fsp3) is 0.111. The molecule has 0 radical (unpaired) electrons. The van der Waals surface area contributed by atoms with Gasteiger partial charge in [0, 0.05) is 17.2 Å². The Balaban J connectivity index is 1.96. The summed E-state index contributed by atoms with van der Waals surface area (Å²) in [5.41, 5.74) is 3.13. The molecule has 1 aliphatic rings. The second-order valence-corrected chi connectivity index (χ2v) is 5.45. The van der Waals surface area contributed by atoms with Gasteiger partial charge in [-0.2, -0.15) is 0 Å². The molecule has 0 aromatic heterocycles. The van der Waals surface area contributed by atoms with E-state index in [1.807, 2.05) is 31.2 Å². The molecule has 24 heavy (non-hydrogen) atoms. The normalized spacial score (nSPS) is 15.3.